The van der Waals surface area contributed by atoms with Gasteiger partial charge in [0, 0.05) is 17.7 Å². The first-order valence-corrected chi connectivity index (χ1v) is 7.03. The van der Waals surface area contributed by atoms with Gasteiger partial charge in [-0.15, -0.1) is 23.2 Å². The minimum Gasteiger partial charge on any atom is -0.466 e. The van der Waals surface area contributed by atoms with Gasteiger partial charge in [0.2, 0.25) is 0 Å². The molecule has 2 nitrogen and oxygen atoms in total. The molecule has 96 valence electrons. The van der Waals surface area contributed by atoms with Crippen molar-refractivity contribution < 1.29 is 9.53 Å². The molecule has 0 saturated carbocycles. The fourth-order valence-corrected chi connectivity index (χ4v) is 1.97. The highest BCUT2D eigenvalue weighted by atomic mass is 35.5. The molecule has 0 aromatic carbocycles. The Hall–Kier alpha value is 0.0500. The maximum Gasteiger partial charge on any atom is 0.305 e. The van der Waals surface area contributed by atoms with Crippen LogP contribution in [0, 0.1) is 0 Å². The minimum atomic E-state index is -0.101. The van der Waals surface area contributed by atoms with Crippen LogP contribution in [0.5, 0.6) is 0 Å². The van der Waals surface area contributed by atoms with Crippen LogP contribution in [-0.2, 0) is 9.53 Å². The lowest BCUT2D eigenvalue weighted by atomic mass is 10.1. The Bertz CT molecular complexity index is 174. The van der Waals surface area contributed by atoms with Crippen LogP contribution in [0.1, 0.15) is 51.9 Å². The maximum atomic E-state index is 11.0. The third kappa shape index (κ3) is 10.6. The number of hydrogen-bond donors (Lipinski definition) is 0. The Labute approximate surface area is 109 Å². The quantitative estimate of drug-likeness (QED) is 0.338. The number of carbonyl (C=O) groups is 1. The number of alkyl halides is 2. The zero-order valence-corrected chi connectivity index (χ0v) is 11.5. The summed E-state index contributed by atoms with van der Waals surface area (Å²) in [6.07, 6.45) is 6.50. The first-order valence-electron chi connectivity index (χ1n) is 6.06. The zero-order valence-electron chi connectivity index (χ0n) is 10.0. The first kappa shape index (κ1) is 16.1. The smallest absolute Gasteiger partial charge is 0.305 e. The molecule has 0 spiro atoms. The van der Waals surface area contributed by atoms with Crippen LogP contribution in [0.3, 0.4) is 0 Å². The largest absolute Gasteiger partial charge is 0.466 e. The van der Waals surface area contributed by atoms with E-state index in [1.54, 1.807) is 0 Å². The highest BCUT2D eigenvalue weighted by molar-refractivity contribution is 6.20. The molecule has 1 unspecified atom stereocenters. The fourth-order valence-electron chi connectivity index (χ4n) is 1.47. The second-order valence-electron chi connectivity index (χ2n) is 3.83. The summed E-state index contributed by atoms with van der Waals surface area (Å²) >= 11 is 11.7. The van der Waals surface area contributed by atoms with E-state index < -0.39 is 0 Å². The Balaban J connectivity index is 3.26. The van der Waals surface area contributed by atoms with E-state index in [2.05, 4.69) is 0 Å². The van der Waals surface area contributed by atoms with Gasteiger partial charge in [0.25, 0.3) is 0 Å². The number of esters is 1. The van der Waals surface area contributed by atoms with Crippen molar-refractivity contribution in [3.63, 3.8) is 0 Å². The minimum absolute atomic E-state index is 0.101. The molecule has 0 aliphatic carbocycles. The number of halogens is 2. The van der Waals surface area contributed by atoms with Gasteiger partial charge in [-0.3, -0.25) is 4.79 Å². The Kier molecular flexibility index (Phi) is 11.6. The van der Waals surface area contributed by atoms with Crippen LogP contribution in [0.15, 0.2) is 0 Å². The number of rotatable bonds is 10. The van der Waals surface area contributed by atoms with Gasteiger partial charge in [-0.05, 0) is 32.6 Å². The predicted octanol–water partition coefficient (Wildman–Crippen LogP) is 4.13. The number of unbranched alkanes of at least 4 members (excludes halogenated alkanes) is 2. The molecule has 0 radical (unpaired) electrons. The van der Waals surface area contributed by atoms with Crippen LogP contribution >= 0.6 is 23.2 Å². The average Bonchev–Trinajstić information content (AvgIpc) is 2.25. The van der Waals surface area contributed by atoms with Crippen LogP contribution in [0.25, 0.3) is 0 Å². The summed E-state index contributed by atoms with van der Waals surface area (Å²) < 4.78 is 4.84. The molecule has 0 rings (SSSR count). The molecule has 0 N–H and O–H groups in total. The van der Waals surface area contributed by atoms with E-state index in [1.807, 2.05) is 6.92 Å². The summed E-state index contributed by atoms with van der Waals surface area (Å²) in [4.78, 5) is 11.0. The van der Waals surface area contributed by atoms with Crippen molar-refractivity contribution >= 4 is 29.2 Å². The van der Waals surface area contributed by atoms with E-state index in [0.717, 1.165) is 38.5 Å². The van der Waals surface area contributed by atoms with Gasteiger partial charge in [0.1, 0.15) is 0 Å². The Morgan fingerprint density at radius 3 is 2.38 bits per heavy atom. The van der Waals surface area contributed by atoms with E-state index in [1.165, 1.54) is 0 Å². The van der Waals surface area contributed by atoms with Crippen LogP contribution in [-0.4, -0.2) is 23.8 Å². The molecule has 1 atom stereocenters. The second-order valence-corrected chi connectivity index (χ2v) is 4.83. The van der Waals surface area contributed by atoms with E-state index in [9.17, 15) is 4.79 Å². The summed E-state index contributed by atoms with van der Waals surface area (Å²) in [6, 6.07) is 0. The Morgan fingerprint density at radius 2 is 1.81 bits per heavy atom. The molecule has 0 saturated heterocycles. The van der Waals surface area contributed by atoms with Crippen molar-refractivity contribution in [3.05, 3.63) is 0 Å². The molecule has 0 aromatic heterocycles. The molecular weight excluding hydrogens is 247 g/mol. The fraction of sp³-hybridized carbons (Fsp3) is 0.917. The van der Waals surface area contributed by atoms with Gasteiger partial charge in [-0.25, -0.2) is 0 Å². The molecule has 0 aromatic rings. The summed E-state index contributed by atoms with van der Waals surface area (Å²) in [6.45, 7) is 2.29. The standard InChI is InChI=1S/C12H22Cl2O2/c1-2-16-12(15)9-4-3-7-11(14)8-5-6-10-13/h11H,2-10H2,1H3. The third-order valence-electron chi connectivity index (χ3n) is 2.35. The number of hydrogen-bond acceptors (Lipinski definition) is 2. The SMILES string of the molecule is CCOC(=O)CCCCC(Cl)CCCCCl. The van der Waals surface area contributed by atoms with Gasteiger partial charge in [0.15, 0.2) is 0 Å². The lowest BCUT2D eigenvalue weighted by molar-refractivity contribution is -0.143. The summed E-state index contributed by atoms with van der Waals surface area (Å²) in [7, 11) is 0. The lowest BCUT2D eigenvalue weighted by Gasteiger charge is -2.08. The van der Waals surface area contributed by atoms with Gasteiger partial charge in [-0.1, -0.05) is 12.8 Å². The predicted molar refractivity (Wildman–Crippen MR) is 69.3 cm³/mol. The van der Waals surface area contributed by atoms with Crippen molar-refractivity contribution in [2.45, 2.75) is 57.2 Å². The van der Waals surface area contributed by atoms with Gasteiger partial charge in [-0.2, -0.15) is 0 Å². The third-order valence-corrected chi connectivity index (χ3v) is 3.06. The van der Waals surface area contributed by atoms with Crippen LogP contribution in [0.2, 0.25) is 0 Å². The van der Waals surface area contributed by atoms with Crippen LogP contribution in [0.4, 0.5) is 0 Å². The van der Waals surface area contributed by atoms with Crippen molar-refractivity contribution in [2.24, 2.45) is 0 Å². The van der Waals surface area contributed by atoms with Crippen molar-refractivity contribution in [3.8, 4) is 0 Å². The average molecular weight is 269 g/mol. The first-order chi connectivity index (χ1) is 7.70. The monoisotopic (exact) mass is 268 g/mol. The van der Waals surface area contributed by atoms with Gasteiger partial charge < -0.3 is 4.74 Å². The summed E-state index contributed by atoms with van der Waals surface area (Å²) in [5.74, 6) is 0.614. The summed E-state index contributed by atoms with van der Waals surface area (Å²) in [5.41, 5.74) is 0. The van der Waals surface area contributed by atoms with E-state index in [4.69, 9.17) is 27.9 Å². The highest BCUT2D eigenvalue weighted by Gasteiger charge is 2.06. The lowest BCUT2D eigenvalue weighted by Crippen LogP contribution is -2.04. The van der Waals surface area contributed by atoms with Crippen molar-refractivity contribution in [2.75, 3.05) is 12.5 Å². The molecule has 0 aliphatic heterocycles. The highest BCUT2D eigenvalue weighted by Crippen LogP contribution is 2.15. The molecule has 0 fully saturated rings. The zero-order chi connectivity index (χ0) is 12.2. The Morgan fingerprint density at radius 1 is 1.19 bits per heavy atom. The number of carbonyl (C=O) groups excluding carboxylic acids is 1. The van der Waals surface area contributed by atoms with Gasteiger partial charge >= 0.3 is 5.97 Å². The summed E-state index contributed by atoms with van der Waals surface area (Å²) in [5, 5.41) is 0.227. The van der Waals surface area contributed by atoms with E-state index >= 15 is 0 Å². The van der Waals surface area contributed by atoms with Crippen molar-refractivity contribution in [1.29, 1.82) is 0 Å². The van der Waals surface area contributed by atoms with E-state index in [0.29, 0.717) is 18.9 Å². The maximum absolute atomic E-state index is 11.0. The molecule has 0 aliphatic rings. The van der Waals surface area contributed by atoms with Crippen molar-refractivity contribution in [1.82, 2.24) is 0 Å². The number of ether oxygens (including phenoxy) is 1. The molecule has 0 bridgehead atoms. The molecule has 0 heterocycles. The van der Waals surface area contributed by atoms with Gasteiger partial charge in [0.05, 0.1) is 6.61 Å². The molecule has 0 amide bonds. The molecule has 4 heteroatoms. The second kappa shape index (κ2) is 11.5. The van der Waals surface area contributed by atoms with E-state index in [-0.39, 0.29) is 11.3 Å². The topological polar surface area (TPSA) is 26.3 Å². The normalized spacial score (nSPS) is 12.4. The van der Waals surface area contributed by atoms with Crippen LogP contribution < -0.4 is 0 Å². The molecular formula is C12H22Cl2O2. The molecule has 16 heavy (non-hydrogen) atoms.